The van der Waals surface area contributed by atoms with E-state index in [2.05, 4.69) is 240 Å². The third-order valence-corrected chi connectivity index (χ3v) is 12.8. The smallest absolute Gasteiger partial charge is 0.0714 e. The first kappa shape index (κ1) is 34.1. The first-order valence-electron chi connectivity index (χ1n) is 19.8. The second kappa shape index (κ2) is 14.1. The first-order valence-corrected chi connectivity index (χ1v) is 20.7. The van der Waals surface area contributed by atoms with Crippen LogP contribution in [0.25, 0.3) is 31.3 Å². The number of fused-ring (bicyclic) bond motifs is 6. The van der Waals surface area contributed by atoms with Gasteiger partial charge in [-0.2, -0.15) is 0 Å². The molecule has 11 rings (SSSR count). The number of para-hydroxylation sites is 4. The minimum absolute atomic E-state index is 0.567. The molecule has 2 nitrogen and oxygen atoms in total. The van der Waals surface area contributed by atoms with Crippen molar-refractivity contribution in [3.05, 3.63) is 253 Å². The van der Waals surface area contributed by atoms with Crippen molar-refractivity contribution in [2.75, 3.05) is 9.80 Å². The minimum atomic E-state index is -0.567. The summed E-state index contributed by atoms with van der Waals surface area (Å²) in [4.78, 5) is 4.74. The predicted octanol–water partition coefficient (Wildman–Crippen LogP) is 15.4. The van der Waals surface area contributed by atoms with Gasteiger partial charge in [0.05, 0.1) is 5.41 Å². The fraction of sp³-hybridized carbons (Fsp3) is 0.0182. The van der Waals surface area contributed by atoms with E-state index in [0.29, 0.717) is 0 Å². The summed E-state index contributed by atoms with van der Waals surface area (Å²) in [6, 6.07) is 84.2. The maximum Gasteiger partial charge on any atom is 0.0714 e. The summed E-state index contributed by atoms with van der Waals surface area (Å²) in [5, 5.41) is 2.55. The molecular formula is C55H38N2S. The van der Waals surface area contributed by atoms with Crippen LogP contribution in [-0.4, -0.2) is 0 Å². The summed E-state index contributed by atoms with van der Waals surface area (Å²) < 4.78 is 2.57. The van der Waals surface area contributed by atoms with Gasteiger partial charge in [-0.1, -0.05) is 140 Å². The molecule has 0 radical (unpaired) electrons. The van der Waals surface area contributed by atoms with E-state index in [1.54, 1.807) is 0 Å². The van der Waals surface area contributed by atoms with E-state index < -0.39 is 5.41 Å². The summed E-state index contributed by atoms with van der Waals surface area (Å²) in [6.07, 6.45) is 0. The van der Waals surface area contributed by atoms with E-state index in [0.717, 1.165) is 34.1 Å². The highest BCUT2D eigenvalue weighted by Gasteiger charge is 2.47. The summed E-state index contributed by atoms with van der Waals surface area (Å²) in [6.45, 7) is 0. The topological polar surface area (TPSA) is 6.48 Å². The quantitative estimate of drug-likeness (QED) is 0.152. The van der Waals surface area contributed by atoms with Gasteiger partial charge in [-0.25, -0.2) is 0 Å². The first-order chi connectivity index (χ1) is 28.8. The lowest BCUT2D eigenvalue weighted by Crippen LogP contribution is -2.28. The minimum Gasteiger partial charge on any atom is -0.310 e. The van der Waals surface area contributed by atoms with Gasteiger partial charge in [0.25, 0.3) is 0 Å². The van der Waals surface area contributed by atoms with E-state index in [4.69, 9.17) is 0 Å². The second-order valence-corrected chi connectivity index (χ2v) is 16.0. The largest absolute Gasteiger partial charge is 0.310 e. The van der Waals surface area contributed by atoms with Crippen molar-refractivity contribution < 1.29 is 0 Å². The number of hydrogen-bond donors (Lipinski definition) is 0. The molecule has 0 N–H and O–H groups in total. The Kier molecular flexibility index (Phi) is 8.27. The molecule has 3 heteroatoms. The van der Waals surface area contributed by atoms with Gasteiger partial charge in [0.15, 0.2) is 0 Å². The molecule has 0 saturated carbocycles. The highest BCUT2D eigenvalue weighted by molar-refractivity contribution is 7.25. The SMILES string of the molecule is c1ccc(N(c2ccccc2)c2ccc3c(c2)C(c2ccccc2)(c2ccccc2)c2cc4c(cc2-3)sc2ccc(N(c3ccccc3)c3ccccc3)cc24)cc1. The molecule has 0 aliphatic heterocycles. The van der Waals surface area contributed by atoms with Crippen molar-refractivity contribution >= 4 is 65.6 Å². The Hall–Kier alpha value is -7.20. The molecule has 0 spiro atoms. The Morgan fingerprint density at radius 3 is 1.17 bits per heavy atom. The molecular weight excluding hydrogens is 721 g/mol. The van der Waals surface area contributed by atoms with E-state index in [-0.39, 0.29) is 0 Å². The second-order valence-electron chi connectivity index (χ2n) is 14.9. The van der Waals surface area contributed by atoms with Crippen LogP contribution < -0.4 is 9.80 Å². The Morgan fingerprint density at radius 1 is 0.293 bits per heavy atom. The molecule has 0 fully saturated rings. The molecule has 58 heavy (non-hydrogen) atoms. The lowest BCUT2D eigenvalue weighted by Gasteiger charge is -2.35. The molecule has 1 heterocycles. The zero-order chi connectivity index (χ0) is 38.5. The lowest BCUT2D eigenvalue weighted by molar-refractivity contribution is 0.769. The molecule has 1 aliphatic carbocycles. The number of thiophene rings is 1. The van der Waals surface area contributed by atoms with Gasteiger partial charge < -0.3 is 9.80 Å². The Morgan fingerprint density at radius 2 is 0.690 bits per heavy atom. The van der Waals surface area contributed by atoms with Crippen LogP contribution in [0.1, 0.15) is 22.3 Å². The number of rotatable bonds is 8. The average Bonchev–Trinajstić information content (AvgIpc) is 3.80. The third-order valence-electron chi connectivity index (χ3n) is 11.7. The molecule has 0 amide bonds. The van der Waals surface area contributed by atoms with Gasteiger partial charge in [0, 0.05) is 54.3 Å². The molecule has 0 unspecified atom stereocenters. The molecule has 1 aromatic heterocycles. The molecule has 10 aromatic rings. The van der Waals surface area contributed by atoms with Crippen molar-refractivity contribution in [2.24, 2.45) is 0 Å². The Labute approximate surface area is 343 Å². The zero-order valence-corrected chi connectivity index (χ0v) is 32.6. The Balaban J connectivity index is 1.18. The number of anilines is 6. The van der Waals surface area contributed by atoms with Crippen LogP contribution in [0, 0.1) is 0 Å². The van der Waals surface area contributed by atoms with Gasteiger partial charge in [0.2, 0.25) is 0 Å². The molecule has 9 aromatic carbocycles. The van der Waals surface area contributed by atoms with Gasteiger partial charge in [-0.05, 0) is 124 Å². The number of nitrogens with zero attached hydrogens (tertiary/aromatic N) is 2. The van der Waals surface area contributed by atoms with Crippen molar-refractivity contribution in [3.8, 4) is 11.1 Å². The maximum absolute atomic E-state index is 2.52. The van der Waals surface area contributed by atoms with Crippen molar-refractivity contribution in [2.45, 2.75) is 5.41 Å². The van der Waals surface area contributed by atoms with Gasteiger partial charge in [0.1, 0.15) is 0 Å². The molecule has 0 bridgehead atoms. The van der Waals surface area contributed by atoms with Crippen LogP contribution >= 0.6 is 11.3 Å². The molecule has 0 atom stereocenters. The fourth-order valence-corrected chi connectivity index (χ4v) is 10.3. The summed E-state index contributed by atoms with van der Waals surface area (Å²) in [5.74, 6) is 0. The van der Waals surface area contributed by atoms with Crippen LogP contribution in [0.3, 0.4) is 0 Å². The maximum atomic E-state index is 2.52. The third kappa shape index (κ3) is 5.47. The van der Waals surface area contributed by atoms with Crippen molar-refractivity contribution in [1.29, 1.82) is 0 Å². The highest BCUT2D eigenvalue weighted by Crippen LogP contribution is 2.59. The zero-order valence-electron chi connectivity index (χ0n) is 31.7. The number of benzene rings is 9. The molecule has 274 valence electrons. The summed E-state index contributed by atoms with van der Waals surface area (Å²) >= 11 is 1.88. The summed E-state index contributed by atoms with van der Waals surface area (Å²) in [5.41, 5.74) is 13.9. The Bertz CT molecular complexity index is 2920. The van der Waals surface area contributed by atoms with Crippen LogP contribution in [0.4, 0.5) is 34.1 Å². The van der Waals surface area contributed by atoms with Gasteiger partial charge in [-0.3, -0.25) is 0 Å². The monoisotopic (exact) mass is 758 g/mol. The average molecular weight is 759 g/mol. The highest BCUT2D eigenvalue weighted by atomic mass is 32.1. The van der Waals surface area contributed by atoms with E-state index in [1.165, 1.54) is 53.6 Å². The van der Waals surface area contributed by atoms with Crippen LogP contribution in [0.15, 0.2) is 231 Å². The molecule has 1 aliphatic rings. The number of hydrogen-bond acceptors (Lipinski definition) is 3. The lowest BCUT2D eigenvalue weighted by atomic mass is 9.67. The van der Waals surface area contributed by atoms with Crippen LogP contribution in [0.5, 0.6) is 0 Å². The van der Waals surface area contributed by atoms with Crippen molar-refractivity contribution in [1.82, 2.24) is 0 Å². The normalized spacial score (nSPS) is 12.6. The van der Waals surface area contributed by atoms with E-state index in [1.807, 2.05) is 11.3 Å². The molecule has 0 saturated heterocycles. The van der Waals surface area contributed by atoms with Crippen LogP contribution in [0.2, 0.25) is 0 Å². The van der Waals surface area contributed by atoms with Gasteiger partial charge in [-0.15, -0.1) is 11.3 Å². The van der Waals surface area contributed by atoms with E-state index in [9.17, 15) is 0 Å². The van der Waals surface area contributed by atoms with Gasteiger partial charge >= 0.3 is 0 Å². The predicted molar refractivity (Wildman–Crippen MR) is 246 cm³/mol. The van der Waals surface area contributed by atoms with Crippen LogP contribution in [-0.2, 0) is 5.41 Å². The fourth-order valence-electron chi connectivity index (χ4n) is 9.21. The standard InChI is InChI=1S/C55H38N2S/c1-7-19-39(20-8-1)55(40-21-9-2-10-22-40)51-36-46(57(43-27-15-5-16-28-43)44-29-17-6-18-30-44)31-33-47(51)48-38-54-50(37-52(48)55)49-35-45(32-34-53(49)58-54)56(41-23-11-3-12-24-41)42-25-13-4-14-26-42/h1-38H. The van der Waals surface area contributed by atoms with Crippen molar-refractivity contribution in [3.63, 3.8) is 0 Å². The van der Waals surface area contributed by atoms with E-state index >= 15 is 0 Å². The summed E-state index contributed by atoms with van der Waals surface area (Å²) in [7, 11) is 0.